The Hall–Kier alpha value is -1.55. The van der Waals surface area contributed by atoms with Crippen molar-refractivity contribution in [2.75, 3.05) is 13.7 Å². The van der Waals surface area contributed by atoms with Crippen molar-refractivity contribution in [1.29, 1.82) is 0 Å². The van der Waals surface area contributed by atoms with Gasteiger partial charge in [-0.05, 0) is 43.5 Å². The van der Waals surface area contributed by atoms with Crippen molar-refractivity contribution in [2.24, 2.45) is 5.73 Å². The van der Waals surface area contributed by atoms with Crippen LogP contribution in [0.3, 0.4) is 0 Å². The standard InChI is InChI=1S/C16H24N2O2/c1-20-14-7-4-6-13(12-14)16(9-2-3-10-16)18-15(19)8-5-11-17/h4,6-7,12H,2-3,5,8-11,17H2,1H3,(H,18,19). The summed E-state index contributed by atoms with van der Waals surface area (Å²) in [6, 6.07) is 8.04. The van der Waals surface area contributed by atoms with E-state index in [0.717, 1.165) is 43.4 Å². The van der Waals surface area contributed by atoms with E-state index >= 15 is 0 Å². The zero-order valence-electron chi connectivity index (χ0n) is 12.2. The van der Waals surface area contributed by atoms with Crippen LogP contribution in [0.1, 0.15) is 44.1 Å². The van der Waals surface area contributed by atoms with Gasteiger partial charge in [-0.15, -0.1) is 0 Å². The van der Waals surface area contributed by atoms with Crippen molar-refractivity contribution >= 4 is 5.91 Å². The third kappa shape index (κ3) is 3.31. The fraction of sp³-hybridized carbons (Fsp3) is 0.562. The van der Waals surface area contributed by atoms with E-state index in [9.17, 15) is 4.79 Å². The lowest BCUT2D eigenvalue weighted by molar-refractivity contribution is -0.123. The van der Waals surface area contributed by atoms with Gasteiger partial charge in [-0.3, -0.25) is 4.79 Å². The number of amides is 1. The van der Waals surface area contributed by atoms with Gasteiger partial charge in [0.25, 0.3) is 0 Å². The van der Waals surface area contributed by atoms with E-state index in [4.69, 9.17) is 10.5 Å². The maximum atomic E-state index is 12.1. The van der Waals surface area contributed by atoms with Crippen LogP contribution in [0.25, 0.3) is 0 Å². The molecule has 1 aromatic carbocycles. The third-order valence-corrected chi connectivity index (χ3v) is 4.07. The number of hydrogen-bond acceptors (Lipinski definition) is 3. The first kappa shape index (κ1) is 14.9. The summed E-state index contributed by atoms with van der Waals surface area (Å²) in [6.45, 7) is 0.555. The van der Waals surface area contributed by atoms with E-state index in [1.807, 2.05) is 18.2 Å². The van der Waals surface area contributed by atoms with Crippen molar-refractivity contribution < 1.29 is 9.53 Å². The topological polar surface area (TPSA) is 64.3 Å². The molecule has 0 unspecified atom stereocenters. The quantitative estimate of drug-likeness (QED) is 0.838. The highest BCUT2D eigenvalue weighted by Gasteiger charge is 2.36. The zero-order valence-corrected chi connectivity index (χ0v) is 12.2. The number of hydrogen-bond donors (Lipinski definition) is 2. The van der Waals surface area contributed by atoms with E-state index in [-0.39, 0.29) is 11.4 Å². The molecule has 4 nitrogen and oxygen atoms in total. The van der Waals surface area contributed by atoms with Crippen molar-refractivity contribution in [1.82, 2.24) is 5.32 Å². The SMILES string of the molecule is COc1cccc(C2(NC(=O)CCCN)CCCC2)c1. The van der Waals surface area contributed by atoms with E-state index in [1.165, 1.54) is 0 Å². The Bertz CT molecular complexity index is 454. The van der Waals surface area contributed by atoms with Crippen LogP contribution in [-0.4, -0.2) is 19.6 Å². The molecule has 1 fully saturated rings. The average Bonchev–Trinajstić information content (AvgIpc) is 2.95. The third-order valence-electron chi connectivity index (χ3n) is 4.07. The molecule has 1 aliphatic rings. The van der Waals surface area contributed by atoms with Crippen LogP contribution in [0, 0.1) is 0 Å². The first-order valence-corrected chi connectivity index (χ1v) is 7.36. The zero-order chi connectivity index (χ0) is 14.4. The second-order valence-corrected chi connectivity index (χ2v) is 5.46. The summed E-state index contributed by atoms with van der Waals surface area (Å²) in [7, 11) is 1.67. The summed E-state index contributed by atoms with van der Waals surface area (Å²) in [5.74, 6) is 0.935. The number of nitrogens with two attached hydrogens (primary N) is 1. The molecule has 0 heterocycles. The fourth-order valence-electron chi connectivity index (χ4n) is 2.98. The maximum absolute atomic E-state index is 12.1. The molecular formula is C16H24N2O2. The van der Waals surface area contributed by atoms with Crippen LogP contribution in [0.4, 0.5) is 0 Å². The monoisotopic (exact) mass is 276 g/mol. The van der Waals surface area contributed by atoms with Crippen molar-refractivity contribution in [3.8, 4) is 5.75 Å². The van der Waals surface area contributed by atoms with Gasteiger partial charge in [0.05, 0.1) is 12.6 Å². The van der Waals surface area contributed by atoms with Crippen molar-refractivity contribution in [3.05, 3.63) is 29.8 Å². The molecule has 2 rings (SSSR count). The summed E-state index contributed by atoms with van der Waals surface area (Å²) in [5, 5.41) is 3.24. The van der Waals surface area contributed by atoms with Gasteiger partial charge in [0.1, 0.15) is 5.75 Å². The molecule has 0 spiro atoms. The van der Waals surface area contributed by atoms with Crippen LogP contribution in [0.2, 0.25) is 0 Å². The van der Waals surface area contributed by atoms with Crippen LogP contribution in [-0.2, 0) is 10.3 Å². The number of carbonyl (C=O) groups is 1. The van der Waals surface area contributed by atoms with Crippen LogP contribution in [0.15, 0.2) is 24.3 Å². The largest absolute Gasteiger partial charge is 0.497 e. The second kappa shape index (κ2) is 6.75. The number of methoxy groups -OCH3 is 1. The molecule has 3 N–H and O–H groups in total. The molecule has 110 valence electrons. The van der Waals surface area contributed by atoms with E-state index < -0.39 is 0 Å². The maximum Gasteiger partial charge on any atom is 0.220 e. The first-order chi connectivity index (χ1) is 9.70. The van der Waals surface area contributed by atoms with E-state index in [2.05, 4.69) is 11.4 Å². The summed E-state index contributed by atoms with van der Waals surface area (Å²) < 4.78 is 5.30. The highest BCUT2D eigenvalue weighted by molar-refractivity contribution is 5.77. The molecule has 4 heteroatoms. The number of rotatable bonds is 6. The minimum atomic E-state index is -0.222. The number of nitrogens with one attached hydrogen (secondary N) is 1. The number of ether oxygens (including phenoxy) is 1. The Morgan fingerprint density at radius 3 is 2.80 bits per heavy atom. The lowest BCUT2D eigenvalue weighted by Crippen LogP contribution is -2.43. The van der Waals surface area contributed by atoms with Crippen LogP contribution >= 0.6 is 0 Å². The molecule has 0 atom stereocenters. The fourth-order valence-corrected chi connectivity index (χ4v) is 2.98. The normalized spacial score (nSPS) is 16.9. The van der Waals surface area contributed by atoms with E-state index in [0.29, 0.717) is 13.0 Å². The molecule has 1 aliphatic carbocycles. The lowest BCUT2D eigenvalue weighted by Gasteiger charge is -2.31. The van der Waals surface area contributed by atoms with E-state index in [1.54, 1.807) is 7.11 Å². The molecule has 0 saturated heterocycles. The molecule has 0 radical (unpaired) electrons. The number of benzene rings is 1. The summed E-state index contributed by atoms with van der Waals surface area (Å²) in [4.78, 5) is 12.1. The Morgan fingerprint density at radius 2 is 2.15 bits per heavy atom. The van der Waals surface area contributed by atoms with Gasteiger partial charge in [-0.25, -0.2) is 0 Å². The smallest absolute Gasteiger partial charge is 0.220 e. The van der Waals surface area contributed by atoms with Crippen molar-refractivity contribution in [2.45, 2.75) is 44.1 Å². The van der Waals surface area contributed by atoms with Gasteiger partial charge in [-0.1, -0.05) is 25.0 Å². The van der Waals surface area contributed by atoms with Gasteiger partial charge in [0, 0.05) is 6.42 Å². The summed E-state index contributed by atoms with van der Waals surface area (Å²) >= 11 is 0. The van der Waals surface area contributed by atoms with Gasteiger partial charge < -0.3 is 15.8 Å². The first-order valence-electron chi connectivity index (χ1n) is 7.36. The molecule has 0 bridgehead atoms. The molecule has 20 heavy (non-hydrogen) atoms. The van der Waals surface area contributed by atoms with Crippen LogP contribution in [0.5, 0.6) is 5.75 Å². The Labute approximate surface area is 120 Å². The summed E-state index contributed by atoms with van der Waals surface area (Å²) in [6.07, 6.45) is 5.52. The predicted octanol–water partition coefficient (Wildman–Crippen LogP) is 2.32. The average molecular weight is 276 g/mol. The highest BCUT2D eigenvalue weighted by Crippen LogP contribution is 2.39. The number of carbonyl (C=O) groups excluding carboxylic acids is 1. The minimum absolute atomic E-state index is 0.0974. The van der Waals surface area contributed by atoms with Gasteiger partial charge in [-0.2, -0.15) is 0 Å². The molecule has 1 saturated carbocycles. The molecule has 0 aromatic heterocycles. The van der Waals surface area contributed by atoms with Crippen LogP contribution < -0.4 is 15.8 Å². The molecule has 1 amide bonds. The second-order valence-electron chi connectivity index (χ2n) is 5.46. The van der Waals surface area contributed by atoms with Crippen molar-refractivity contribution in [3.63, 3.8) is 0 Å². The Kier molecular flexibility index (Phi) is 5.01. The molecular weight excluding hydrogens is 252 g/mol. The Morgan fingerprint density at radius 1 is 1.40 bits per heavy atom. The van der Waals surface area contributed by atoms with Gasteiger partial charge >= 0.3 is 0 Å². The van der Waals surface area contributed by atoms with Gasteiger partial charge in [0.15, 0.2) is 0 Å². The minimum Gasteiger partial charge on any atom is -0.497 e. The predicted molar refractivity (Wildman–Crippen MR) is 79.6 cm³/mol. The molecule has 1 aromatic rings. The highest BCUT2D eigenvalue weighted by atomic mass is 16.5. The molecule has 0 aliphatic heterocycles. The lowest BCUT2D eigenvalue weighted by atomic mass is 9.87. The Balaban J connectivity index is 2.18. The summed E-state index contributed by atoms with van der Waals surface area (Å²) in [5.41, 5.74) is 6.40. The van der Waals surface area contributed by atoms with Gasteiger partial charge in [0.2, 0.25) is 5.91 Å².